The van der Waals surface area contributed by atoms with Crippen molar-refractivity contribution < 1.29 is 4.39 Å². The predicted molar refractivity (Wildman–Crippen MR) is 70.8 cm³/mol. The molecule has 1 aliphatic carbocycles. The molecule has 1 aromatic rings. The van der Waals surface area contributed by atoms with E-state index in [1.54, 1.807) is 6.07 Å². The fourth-order valence-electron chi connectivity index (χ4n) is 2.29. The fraction of sp³-hybridized carbons (Fsp3) is 0.538. The van der Waals surface area contributed by atoms with Gasteiger partial charge in [-0.05, 0) is 58.7 Å². The van der Waals surface area contributed by atoms with Crippen molar-refractivity contribution in [3.8, 4) is 0 Å². The minimum absolute atomic E-state index is 0.209. The van der Waals surface area contributed by atoms with E-state index in [1.165, 1.54) is 18.9 Å². The summed E-state index contributed by atoms with van der Waals surface area (Å²) in [5, 5.41) is 0. The van der Waals surface area contributed by atoms with Gasteiger partial charge in [-0.25, -0.2) is 4.39 Å². The fourth-order valence-corrected chi connectivity index (χ4v) is 2.72. The van der Waals surface area contributed by atoms with Crippen molar-refractivity contribution >= 4 is 15.9 Å². The maximum atomic E-state index is 13.4. The number of hydrogen-bond acceptors (Lipinski definition) is 2. The summed E-state index contributed by atoms with van der Waals surface area (Å²) in [4.78, 5) is 0. The van der Waals surface area contributed by atoms with Crippen molar-refractivity contribution in [1.29, 1.82) is 0 Å². The van der Waals surface area contributed by atoms with Crippen LogP contribution in [0.15, 0.2) is 22.7 Å². The summed E-state index contributed by atoms with van der Waals surface area (Å²) < 4.78 is 14.0. The van der Waals surface area contributed by atoms with E-state index in [4.69, 9.17) is 5.84 Å². The molecular formula is C13H18BrFN2. The molecule has 2 unspecified atom stereocenters. The van der Waals surface area contributed by atoms with Gasteiger partial charge in [-0.3, -0.25) is 11.3 Å². The van der Waals surface area contributed by atoms with Crippen LogP contribution in [0.3, 0.4) is 0 Å². The highest BCUT2D eigenvalue weighted by atomic mass is 79.9. The molecule has 0 spiro atoms. The van der Waals surface area contributed by atoms with Crippen LogP contribution in [-0.2, 0) is 6.42 Å². The Labute approximate surface area is 110 Å². The molecule has 0 aliphatic heterocycles. The Morgan fingerprint density at radius 1 is 1.53 bits per heavy atom. The molecule has 1 aliphatic rings. The SMILES string of the molecule is CC(C1CC1)C(Cc1cccc(F)c1Br)NN. The number of hydrazine groups is 1. The van der Waals surface area contributed by atoms with Gasteiger partial charge < -0.3 is 0 Å². The molecule has 2 rings (SSSR count). The minimum Gasteiger partial charge on any atom is -0.271 e. The molecule has 0 heterocycles. The average Bonchev–Trinajstić information content (AvgIpc) is 3.14. The number of nitrogens with two attached hydrogens (primary N) is 1. The summed E-state index contributed by atoms with van der Waals surface area (Å²) >= 11 is 3.30. The number of halogens is 2. The first-order chi connectivity index (χ1) is 8.13. The quantitative estimate of drug-likeness (QED) is 0.648. The molecule has 0 bridgehead atoms. The van der Waals surface area contributed by atoms with E-state index < -0.39 is 0 Å². The van der Waals surface area contributed by atoms with E-state index >= 15 is 0 Å². The van der Waals surface area contributed by atoms with Crippen LogP contribution < -0.4 is 11.3 Å². The molecule has 0 saturated heterocycles. The van der Waals surface area contributed by atoms with Crippen molar-refractivity contribution in [2.24, 2.45) is 17.7 Å². The van der Waals surface area contributed by atoms with Crippen LogP contribution in [0.25, 0.3) is 0 Å². The topological polar surface area (TPSA) is 38.0 Å². The van der Waals surface area contributed by atoms with Crippen molar-refractivity contribution in [2.45, 2.75) is 32.2 Å². The number of benzene rings is 1. The van der Waals surface area contributed by atoms with Gasteiger partial charge in [0.1, 0.15) is 5.82 Å². The zero-order valence-corrected chi connectivity index (χ0v) is 11.5. The third-order valence-electron chi connectivity index (χ3n) is 3.69. The standard InChI is InChI=1S/C13H18BrFN2/c1-8(9-5-6-9)12(17-16)7-10-3-2-4-11(15)13(10)14/h2-4,8-9,12,17H,5-7,16H2,1H3. The average molecular weight is 301 g/mol. The Kier molecular flexibility index (Phi) is 4.17. The van der Waals surface area contributed by atoms with Gasteiger partial charge in [0, 0.05) is 6.04 Å². The van der Waals surface area contributed by atoms with Gasteiger partial charge in [0.2, 0.25) is 0 Å². The van der Waals surface area contributed by atoms with Gasteiger partial charge >= 0.3 is 0 Å². The lowest BCUT2D eigenvalue weighted by Crippen LogP contribution is -2.42. The summed E-state index contributed by atoms with van der Waals surface area (Å²) in [6.45, 7) is 2.22. The Bertz CT molecular complexity index is 393. The highest BCUT2D eigenvalue weighted by Gasteiger charge is 2.33. The van der Waals surface area contributed by atoms with Gasteiger partial charge in [-0.15, -0.1) is 0 Å². The maximum Gasteiger partial charge on any atom is 0.137 e. The molecule has 2 nitrogen and oxygen atoms in total. The van der Waals surface area contributed by atoms with Crippen molar-refractivity contribution in [1.82, 2.24) is 5.43 Å². The zero-order valence-electron chi connectivity index (χ0n) is 9.92. The second kappa shape index (κ2) is 5.46. The Morgan fingerprint density at radius 2 is 2.24 bits per heavy atom. The van der Waals surface area contributed by atoms with Crippen LogP contribution in [0.1, 0.15) is 25.3 Å². The molecule has 3 N–H and O–H groups in total. The van der Waals surface area contributed by atoms with E-state index in [0.29, 0.717) is 10.4 Å². The van der Waals surface area contributed by atoms with E-state index in [0.717, 1.165) is 17.9 Å². The van der Waals surface area contributed by atoms with E-state index in [2.05, 4.69) is 28.3 Å². The molecule has 4 heteroatoms. The second-order valence-electron chi connectivity index (χ2n) is 4.89. The van der Waals surface area contributed by atoms with E-state index in [-0.39, 0.29) is 11.9 Å². The summed E-state index contributed by atoms with van der Waals surface area (Å²) in [5.74, 6) is 6.72. The lowest BCUT2D eigenvalue weighted by Gasteiger charge is -2.23. The largest absolute Gasteiger partial charge is 0.271 e. The number of rotatable bonds is 5. The van der Waals surface area contributed by atoms with Crippen LogP contribution in [-0.4, -0.2) is 6.04 Å². The molecule has 0 radical (unpaired) electrons. The van der Waals surface area contributed by atoms with Crippen LogP contribution in [0.2, 0.25) is 0 Å². The highest BCUT2D eigenvalue weighted by Crippen LogP contribution is 2.39. The van der Waals surface area contributed by atoms with E-state index in [1.807, 2.05) is 6.07 Å². The second-order valence-corrected chi connectivity index (χ2v) is 5.68. The van der Waals surface area contributed by atoms with Crippen LogP contribution >= 0.6 is 15.9 Å². The number of nitrogens with one attached hydrogen (secondary N) is 1. The van der Waals surface area contributed by atoms with Gasteiger partial charge in [-0.1, -0.05) is 19.1 Å². The van der Waals surface area contributed by atoms with Gasteiger partial charge in [0.15, 0.2) is 0 Å². The molecule has 0 aromatic heterocycles. The van der Waals surface area contributed by atoms with Crippen molar-refractivity contribution in [3.63, 3.8) is 0 Å². The predicted octanol–water partition coefficient (Wildman–Crippen LogP) is 3.01. The lowest BCUT2D eigenvalue weighted by atomic mass is 9.92. The van der Waals surface area contributed by atoms with Crippen molar-refractivity contribution in [3.05, 3.63) is 34.1 Å². The molecule has 2 atom stereocenters. The normalized spacial score (nSPS) is 19.1. The molecule has 17 heavy (non-hydrogen) atoms. The summed E-state index contributed by atoms with van der Waals surface area (Å²) in [6, 6.07) is 5.35. The summed E-state index contributed by atoms with van der Waals surface area (Å²) in [6.07, 6.45) is 3.35. The van der Waals surface area contributed by atoms with Crippen LogP contribution in [0.4, 0.5) is 4.39 Å². The Balaban J connectivity index is 2.09. The first-order valence-corrected chi connectivity index (χ1v) is 6.81. The van der Waals surface area contributed by atoms with Gasteiger partial charge in [-0.2, -0.15) is 0 Å². The highest BCUT2D eigenvalue weighted by molar-refractivity contribution is 9.10. The molecule has 94 valence electrons. The smallest absolute Gasteiger partial charge is 0.137 e. The first kappa shape index (κ1) is 13.0. The first-order valence-electron chi connectivity index (χ1n) is 6.02. The Morgan fingerprint density at radius 3 is 2.82 bits per heavy atom. The molecule has 1 fully saturated rings. The lowest BCUT2D eigenvalue weighted by molar-refractivity contribution is 0.343. The molecular weight excluding hydrogens is 283 g/mol. The summed E-state index contributed by atoms with van der Waals surface area (Å²) in [5.41, 5.74) is 3.85. The summed E-state index contributed by atoms with van der Waals surface area (Å²) in [7, 11) is 0. The van der Waals surface area contributed by atoms with Crippen LogP contribution in [0, 0.1) is 17.7 Å². The van der Waals surface area contributed by atoms with Gasteiger partial charge in [0.25, 0.3) is 0 Å². The molecule has 0 amide bonds. The number of hydrogen-bond donors (Lipinski definition) is 2. The van der Waals surface area contributed by atoms with Crippen molar-refractivity contribution in [2.75, 3.05) is 0 Å². The third-order valence-corrected chi connectivity index (χ3v) is 4.57. The van der Waals surface area contributed by atoms with E-state index in [9.17, 15) is 4.39 Å². The monoisotopic (exact) mass is 300 g/mol. The Hall–Kier alpha value is -0.450. The van der Waals surface area contributed by atoms with Gasteiger partial charge in [0.05, 0.1) is 4.47 Å². The molecule has 1 aromatic carbocycles. The minimum atomic E-state index is -0.211. The zero-order chi connectivity index (χ0) is 12.4. The maximum absolute atomic E-state index is 13.4. The third kappa shape index (κ3) is 3.06. The van der Waals surface area contributed by atoms with Crippen LogP contribution in [0.5, 0.6) is 0 Å². The molecule has 1 saturated carbocycles.